The molecule has 0 atom stereocenters. The summed E-state index contributed by atoms with van der Waals surface area (Å²) in [5.41, 5.74) is 4.52. The first-order chi connectivity index (χ1) is 15.3. The molecule has 2 aromatic heterocycles. The van der Waals surface area contributed by atoms with Gasteiger partial charge in [0.2, 0.25) is 0 Å². The van der Waals surface area contributed by atoms with E-state index in [2.05, 4.69) is 18.9 Å². The fourth-order valence-corrected chi connectivity index (χ4v) is 7.90. The third-order valence-corrected chi connectivity index (χ3v) is 9.26. The van der Waals surface area contributed by atoms with Crippen molar-refractivity contribution in [2.75, 3.05) is 0 Å². The van der Waals surface area contributed by atoms with E-state index in [4.69, 9.17) is 0 Å². The van der Waals surface area contributed by atoms with Crippen molar-refractivity contribution in [3.8, 4) is 10.6 Å². The molecule has 32 heavy (non-hydrogen) atoms. The lowest BCUT2D eigenvalue weighted by molar-refractivity contribution is 0.0908. The molecule has 2 aliphatic carbocycles. The number of hydrogen-bond acceptors (Lipinski definition) is 5. The summed E-state index contributed by atoms with van der Waals surface area (Å²) in [6.07, 6.45) is 8.22. The van der Waals surface area contributed by atoms with Gasteiger partial charge in [0.15, 0.2) is 5.78 Å². The van der Waals surface area contributed by atoms with Crippen LogP contribution in [0.3, 0.4) is 0 Å². The van der Waals surface area contributed by atoms with E-state index < -0.39 is 0 Å². The fourth-order valence-electron chi connectivity index (χ4n) is 4.79. The molecule has 0 spiro atoms. The molecule has 0 saturated heterocycles. The maximum atomic E-state index is 13.2. The highest BCUT2D eigenvalue weighted by Crippen LogP contribution is 2.50. The molecule has 6 heteroatoms. The Labute approximate surface area is 197 Å². The van der Waals surface area contributed by atoms with Gasteiger partial charge in [-0.3, -0.25) is 9.59 Å². The molecule has 0 aliphatic heterocycles. The van der Waals surface area contributed by atoms with Crippen LogP contribution in [0.5, 0.6) is 0 Å². The lowest BCUT2D eigenvalue weighted by Crippen LogP contribution is -2.26. The van der Waals surface area contributed by atoms with Crippen molar-refractivity contribution in [2.45, 2.75) is 68.8 Å². The summed E-state index contributed by atoms with van der Waals surface area (Å²) in [6, 6.07) is 9.46. The first-order valence-electron chi connectivity index (χ1n) is 11.3. The number of aryl methyl sites for hydroxylation is 1. The minimum absolute atomic E-state index is 0.0600. The third kappa shape index (κ3) is 4.11. The van der Waals surface area contributed by atoms with Crippen LogP contribution in [0.4, 0.5) is 0 Å². The van der Waals surface area contributed by atoms with Gasteiger partial charge in [0, 0.05) is 29.0 Å². The number of benzene rings is 1. The number of thiophene rings is 1. The first-order valence-corrected chi connectivity index (χ1v) is 13.0. The van der Waals surface area contributed by atoms with Gasteiger partial charge < -0.3 is 0 Å². The van der Waals surface area contributed by atoms with Crippen molar-refractivity contribution in [2.24, 2.45) is 5.41 Å². The third-order valence-electron chi connectivity index (χ3n) is 6.45. The molecule has 1 saturated carbocycles. The summed E-state index contributed by atoms with van der Waals surface area (Å²) in [4.78, 5) is 27.2. The molecule has 0 unspecified atom stereocenters. The zero-order chi connectivity index (χ0) is 22.5. The minimum atomic E-state index is -0.140. The van der Waals surface area contributed by atoms with Gasteiger partial charge in [0.05, 0.1) is 9.09 Å². The Balaban J connectivity index is 1.52. The number of nitrogens with zero attached hydrogens (tertiary/aromatic N) is 2. The summed E-state index contributed by atoms with van der Waals surface area (Å²) in [6.45, 7) is 6.33. The Bertz CT molecular complexity index is 1180. The molecule has 166 valence electrons. The van der Waals surface area contributed by atoms with Crippen LogP contribution in [0.25, 0.3) is 10.6 Å². The molecular weight excluding hydrogens is 436 g/mol. The van der Waals surface area contributed by atoms with E-state index >= 15 is 0 Å². The van der Waals surface area contributed by atoms with Crippen molar-refractivity contribution in [1.29, 1.82) is 0 Å². The smallest absolute Gasteiger partial charge is 0.278 e. The van der Waals surface area contributed by atoms with Crippen molar-refractivity contribution in [3.63, 3.8) is 0 Å². The van der Waals surface area contributed by atoms with Gasteiger partial charge in [-0.25, -0.2) is 4.68 Å². The van der Waals surface area contributed by atoms with Crippen molar-refractivity contribution in [3.05, 3.63) is 58.8 Å². The Morgan fingerprint density at radius 2 is 1.84 bits per heavy atom. The zero-order valence-electron chi connectivity index (χ0n) is 18.8. The maximum Gasteiger partial charge on any atom is 0.278 e. The number of ketones is 1. The van der Waals surface area contributed by atoms with Crippen LogP contribution in [0.15, 0.2) is 40.7 Å². The van der Waals surface area contributed by atoms with Crippen LogP contribution in [0.2, 0.25) is 0 Å². The van der Waals surface area contributed by atoms with E-state index in [1.165, 1.54) is 30.4 Å². The van der Waals surface area contributed by atoms with Gasteiger partial charge in [-0.05, 0) is 55.4 Å². The Kier molecular flexibility index (Phi) is 5.62. The molecule has 2 aliphatic rings. The molecule has 0 bridgehead atoms. The van der Waals surface area contributed by atoms with Crippen molar-refractivity contribution >= 4 is 34.8 Å². The topological polar surface area (TPSA) is 52.0 Å². The molecule has 1 aromatic carbocycles. The molecule has 0 amide bonds. The number of carbonyl (C=O) groups excluding carboxylic acids is 2. The van der Waals surface area contributed by atoms with Gasteiger partial charge in [0.1, 0.15) is 5.69 Å². The number of Topliss-reactive ketones (excluding diaryl/α,β-unsaturated/α-hetero) is 1. The summed E-state index contributed by atoms with van der Waals surface area (Å²) < 4.78 is 2.58. The van der Waals surface area contributed by atoms with Gasteiger partial charge in [-0.15, -0.1) is 23.1 Å². The molecule has 0 N–H and O–H groups in total. The van der Waals surface area contributed by atoms with Crippen LogP contribution in [-0.2, 0) is 6.42 Å². The summed E-state index contributed by atoms with van der Waals surface area (Å²) in [5.74, 6) is 0.119. The predicted octanol–water partition coefficient (Wildman–Crippen LogP) is 6.80. The first kappa shape index (κ1) is 21.7. The average molecular weight is 465 g/mol. The Morgan fingerprint density at radius 3 is 2.56 bits per heavy atom. The number of fused-ring (bicyclic) bond motifs is 1. The second-order valence-corrected chi connectivity index (χ2v) is 12.4. The number of thioether (sulfide) groups is 1. The van der Waals surface area contributed by atoms with E-state index in [-0.39, 0.29) is 17.1 Å². The zero-order valence-corrected chi connectivity index (χ0v) is 20.4. The second kappa shape index (κ2) is 8.31. The number of carbonyl (C=O) groups is 2. The summed E-state index contributed by atoms with van der Waals surface area (Å²) >= 11 is 3.59. The van der Waals surface area contributed by atoms with E-state index in [0.29, 0.717) is 17.2 Å². The largest absolute Gasteiger partial charge is 0.294 e. The van der Waals surface area contributed by atoms with Gasteiger partial charge >= 0.3 is 0 Å². The maximum absolute atomic E-state index is 13.2. The molecule has 2 heterocycles. The highest BCUT2D eigenvalue weighted by Gasteiger charge is 2.37. The molecule has 3 aromatic rings. The van der Waals surface area contributed by atoms with Crippen LogP contribution < -0.4 is 0 Å². The van der Waals surface area contributed by atoms with E-state index in [1.807, 2.05) is 49.0 Å². The monoisotopic (exact) mass is 464 g/mol. The number of aromatic nitrogens is 2. The lowest BCUT2D eigenvalue weighted by atomic mass is 9.74. The van der Waals surface area contributed by atoms with Crippen LogP contribution in [-0.4, -0.2) is 26.7 Å². The van der Waals surface area contributed by atoms with Crippen LogP contribution >= 0.6 is 23.1 Å². The normalized spacial score (nSPS) is 18.2. The summed E-state index contributed by atoms with van der Waals surface area (Å²) in [5, 5.41) is 5.27. The minimum Gasteiger partial charge on any atom is -0.294 e. The molecule has 5 rings (SSSR count). The fraction of sp³-hybridized carbons (Fsp3) is 0.423. The summed E-state index contributed by atoms with van der Waals surface area (Å²) in [7, 11) is 0. The van der Waals surface area contributed by atoms with Crippen LogP contribution in [0, 0.1) is 12.3 Å². The SMILES string of the molecule is Cc1ccc(C(=O)n2ccc(-c3sc(SC4CCCC4)c4c3CC(C)(C)CC4=O)n2)cc1. The van der Waals surface area contributed by atoms with Gasteiger partial charge in [-0.1, -0.05) is 44.4 Å². The molecule has 0 radical (unpaired) electrons. The molecule has 4 nitrogen and oxygen atoms in total. The number of rotatable bonds is 4. The van der Waals surface area contributed by atoms with Crippen LogP contribution in [0.1, 0.15) is 77.8 Å². The molecular formula is C26H28N2O2S2. The highest BCUT2D eigenvalue weighted by molar-refractivity contribution is 8.01. The molecule has 1 fully saturated rings. The quantitative estimate of drug-likeness (QED) is 0.426. The van der Waals surface area contributed by atoms with Crippen molar-refractivity contribution < 1.29 is 9.59 Å². The van der Waals surface area contributed by atoms with E-state index in [9.17, 15) is 9.59 Å². The predicted molar refractivity (Wildman–Crippen MR) is 131 cm³/mol. The highest BCUT2D eigenvalue weighted by atomic mass is 32.2. The van der Waals surface area contributed by atoms with Gasteiger partial charge in [-0.2, -0.15) is 5.10 Å². The van der Waals surface area contributed by atoms with Gasteiger partial charge in [0.25, 0.3) is 5.91 Å². The van der Waals surface area contributed by atoms with Crippen molar-refractivity contribution in [1.82, 2.24) is 9.78 Å². The average Bonchev–Trinajstić information content (AvgIpc) is 3.48. The Morgan fingerprint density at radius 1 is 1.12 bits per heavy atom. The number of hydrogen-bond donors (Lipinski definition) is 0. The van der Waals surface area contributed by atoms with E-state index in [0.717, 1.165) is 37.9 Å². The standard InChI is InChI=1S/C26H28N2O2S2/c1-16-8-10-17(11-9-16)24(30)28-13-12-20(27-28)23-19-14-26(2,3)15-21(29)22(19)25(32-23)31-18-6-4-5-7-18/h8-13,18H,4-7,14-15H2,1-3H3. The Hall–Kier alpha value is -2.18. The second-order valence-electron chi connectivity index (χ2n) is 9.85. The lowest BCUT2D eigenvalue weighted by Gasteiger charge is -2.29. The van der Waals surface area contributed by atoms with E-state index in [1.54, 1.807) is 17.5 Å².